The average molecular weight is 186 g/mol. The van der Waals surface area contributed by atoms with Crippen LogP contribution >= 0.6 is 0 Å². The monoisotopic (exact) mass is 186 g/mol. The van der Waals surface area contributed by atoms with Gasteiger partial charge in [0.1, 0.15) is 0 Å². The zero-order valence-corrected chi connectivity index (χ0v) is 7.86. The quantitative estimate of drug-likeness (QED) is 0.658. The maximum absolute atomic E-state index is 5.28. The van der Waals surface area contributed by atoms with E-state index in [2.05, 4.69) is 10.2 Å². The molecule has 6 heteroatoms. The van der Waals surface area contributed by atoms with Gasteiger partial charge in [-0.05, 0) is 6.42 Å². The molecule has 0 aliphatic heterocycles. The van der Waals surface area contributed by atoms with Gasteiger partial charge in [0, 0.05) is 27.3 Å². The Labute approximate surface area is 76.7 Å². The molecule has 13 heavy (non-hydrogen) atoms. The van der Waals surface area contributed by atoms with E-state index in [4.69, 9.17) is 14.9 Å². The van der Waals surface area contributed by atoms with Crippen molar-refractivity contribution in [3.05, 3.63) is 0 Å². The number of aromatic nitrogens is 2. The lowest BCUT2D eigenvalue weighted by atomic mass is 10.4. The second-order valence-electron chi connectivity index (χ2n) is 2.69. The Balaban J connectivity index is 2.35. The molecule has 0 atom stereocenters. The molecule has 0 unspecified atom stereocenters. The fraction of sp³-hybridized carbons (Fsp3) is 0.714. The van der Waals surface area contributed by atoms with Crippen molar-refractivity contribution in [2.45, 2.75) is 6.42 Å². The molecule has 1 heterocycles. The molecule has 1 aromatic heterocycles. The molecule has 0 fully saturated rings. The molecule has 0 radical (unpaired) electrons. The molecule has 0 bridgehead atoms. The Hall–Kier alpha value is -1.30. The number of nitrogen functional groups attached to an aromatic ring is 1. The van der Waals surface area contributed by atoms with E-state index < -0.39 is 0 Å². The molecule has 6 nitrogen and oxygen atoms in total. The molecule has 0 aliphatic carbocycles. The summed E-state index contributed by atoms with van der Waals surface area (Å²) in [5.41, 5.74) is 5.28. The van der Waals surface area contributed by atoms with E-state index in [1.807, 2.05) is 11.9 Å². The third-order valence-electron chi connectivity index (χ3n) is 1.60. The van der Waals surface area contributed by atoms with E-state index >= 15 is 0 Å². The maximum Gasteiger partial charge on any atom is 0.319 e. The lowest BCUT2D eigenvalue weighted by Gasteiger charge is -2.12. The maximum atomic E-state index is 5.28. The highest BCUT2D eigenvalue weighted by Gasteiger charge is 2.07. The molecule has 0 saturated carbocycles. The van der Waals surface area contributed by atoms with Crippen LogP contribution in [-0.2, 0) is 4.74 Å². The summed E-state index contributed by atoms with van der Waals surface area (Å²) >= 11 is 0. The normalized spacial score (nSPS) is 10.3. The van der Waals surface area contributed by atoms with Gasteiger partial charge in [-0.15, -0.1) is 0 Å². The first kappa shape index (κ1) is 9.79. The molecular formula is C7H14N4O2. The van der Waals surface area contributed by atoms with E-state index in [0.717, 1.165) is 13.0 Å². The van der Waals surface area contributed by atoms with Gasteiger partial charge in [-0.1, -0.05) is 10.2 Å². The molecule has 1 rings (SSSR count). The second-order valence-corrected chi connectivity index (χ2v) is 2.69. The van der Waals surface area contributed by atoms with Gasteiger partial charge >= 0.3 is 12.0 Å². The van der Waals surface area contributed by atoms with Crippen LogP contribution in [0.4, 0.5) is 12.0 Å². The molecule has 0 aliphatic rings. The summed E-state index contributed by atoms with van der Waals surface area (Å²) in [6.45, 7) is 1.52. The van der Waals surface area contributed by atoms with Gasteiger partial charge in [-0.2, -0.15) is 0 Å². The summed E-state index contributed by atoms with van der Waals surface area (Å²) < 4.78 is 9.93. The van der Waals surface area contributed by atoms with Gasteiger partial charge in [0.05, 0.1) is 0 Å². The van der Waals surface area contributed by atoms with E-state index in [1.54, 1.807) is 7.11 Å². The van der Waals surface area contributed by atoms with Gasteiger partial charge < -0.3 is 19.8 Å². The van der Waals surface area contributed by atoms with Gasteiger partial charge in [-0.3, -0.25) is 0 Å². The predicted molar refractivity (Wildman–Crippen MR) is 48.5 cm³/mol. The summed E-state index contributed by atoms with van der Waals surface area (Å²) in [4.78, 5) is 1.84. The van der Waals surface area contributed by atoms with Crippen LogP contribution in [0.5, 0.6) is 0 Å². The van der Waals surface area contributed by atoms with Crippen LogP contribution in [0.2, 0.25) is 0 Å². The Morgan fingerprint density at radius 1 is 1.54 bits per heavy atom. The highest BCUT2D eigenvalue weighted by Crippen LogP contribution is 2.10. The molecule has 0 saturated heterocycles. The topological polar surface area (TPSA) is 77.4 Å². The van der Waals surface area contributed by atoms with Gasteiger partial charge in [0.2, 0.25) is 0 Å². The smallest absolute Gasteiger partial charge is 0.319 e. The zero-order chi connectivity index (χ0) is 9.68. The van der Waals surface area contributed by atoms with Crippen LogP contribution in [0, 0.1) is 0 Å². The Morgan fingerprint density at radius 3 is 2.85 bits per heavy atom. The highest BCUT2D eigenvalue weighted by atomic mass is 16.5. The van der Waals surface area contributed by atoms with E-state index in [0.29, 0.717) is 12.6 Å². The molecule has 74 valence electrons. The minimum Gasteiger partial charge on any atom is -0.390 e. The molecule has 0 aromatic carbocycles. The van der Waals surface area contributed by atoms with Crippen molar-refractivity contribution in [1.82, 2.24) is 10.2 Å². The van der Waals surface area contributed by atoms with Crippen molar-refractivity contribution >= 4 is 12.0 Å². The number of hydrogen-bond acceptors (Lipinski definition) is 6. The van der Waals surface area contributed by atoms with Crippen molar-refractivity contribution < 1.29 is 9.15 Å². The van der Waals surface area contributed by atoms with Crippen molar-refractivity contribution in [2.75, 3.05) is 37.9 Å². The van der Waals surface area contributed by atoms with Gasteiger partial charge in [-0.25, -0.2) is 0 Å². The number of anilines is 2. The van der Waals surface area contributed by atoms with Crippen LogP contribution in [-0.4, -0.2) is 37.5 Å². The lowest BCUT2D eigenvalue weighted by molar-refractivity contribution is 0.196. The average Bonchev–Trinajstić information content (AvgIpc) is 2.52. The summed E-state index contributed by atoms with van der Waals surface area (Å²) in [7, 11) is 3.54. The first-order chi connectivity index (χ1) is 6.24. The molecule has 0 spiro atoms. The van der Waals surface area contributed by atoms with Crippen molar-refractivity contribution in [2.24, 2.45) is 0 Å². The van der Waals surface area contributed by atoms with Crippen LogP contribution in [0.25, 0.3) is 0 Å². The number of nitrogens with zero attached hydrogens (tertiary/aromatic N) is 3. The summed E-state index contributed by atoms with van der Waals surface area (Å²) in [5.74, 6) is 0. The lowest BCUT2D eigenvalue weighted by Crippen LogP contribution is -2.19. The summed E-state index contributed by atoms with van der Waals surface area (Å²) in [5, 5.41) is 7.29. The summed E-state index contributed by atoms with van der Waals surface area (Å²) in [6, 6.07) is 0.530. The van der Waals surface area contributed by atoms with Crippen LogP contribution < -0.4 is 10.6 Å². The number of rotatable bonds is 5. The number of methoxy groups -OCH3 is 1. The molecule has 0 amide bonds. The predicted octanol–water partition coefficient (Wildman–Crippen LogP) is 0.124. The largest absolute Gasteiger partial charge is 0.390 e. The molecule has 2 N–H and O–H groups in total. The van der Waals surface area contributed by atoms with E-state index in [1.165, 1.54) is 0 Å². The second kappa shape index (κ2) is 4.66. The fourth-order valence-corrected chi connectivity index (χ4v) is 0.922. The van der Waals surface area contributed by atoms with Gasteiger partial charge in [0.25, 0.3) is 0 Å². The Bertz CT molecular complexity index is 250. The van der Waals surface area contributed by atoms with Gasteiger partial charge in [0.15, 0.2) is 0 Å². The summed E-state index contributed by atoms with van der Waals surface area (Å²) in [6.07, 6.45) is 0.912. The standard InChI is InChI=1S/C7H14N4O2/c1-11(4-3-5-12-2)7-10-9-6(8)13-7/h3-5H2,1-2H3,(H2,8,9). The van der Waals surface area contributed by atoms with Crippen molar-refractivity contribution in [1.29, 1.82) is 0 Å². The number of ether oxygens (including phenoxy) is 1. The van der Waals surface area contributed by atoms with E-state index in [9.17, 15) is 0 Å². The van der Waals surface area contributed by atoms with Crippen molar-refractivity contribution in [3.63, 3.8) is 0 Å². The third-order valence-corrected chi connectivity index (χ3v) is 1.60. The number of hydrogen-bond donors (Lipinski definition) is 1. The van der Waals surface area contributed by atoms with Crippen LogP contribution in [0.1, 0.15) is 6.42 Å². The SMILES string of the molecule is COCCCN(C)c1nnc(N)o1. The highest BCUT2D eigenvalue weighted by molar-refractivity contribution is 5.25. The molecular weight excluding hydrogens is 172 g/mol. The van der Waals surface area contributed by atoms with Crippen LogP contribution in [0.15, 0.2) is 4.42 Å². The van der Waals surface area contributed by atoms with E-state index in [-0.39, 0.29) is 6.01 Å². The number of nitrogens with two attached hydrogens (primary N) is 1. The first-order valence-electron chi connectivity index (χ1n) is 4.03. The third kappa shape index (κ3) is 2.90. The minimum atomic E-state index is 0.0913. The molecule has 1 aromatic rings. The zero-order valence-electron chi connectivity index (χ0n) is 7.86. The minimum absolute atomic E-state index is 0.0913. The van der Waals surface area contributed by atoms with Crippen LogP contribution in [0.3, 0.4) is 0 Å². The Morgan fingerprint density at radius 2 is 2.31 bits per heavy atom. The Kier molecular flexibility index (Phi) is 3.51. The van der Waals surface area contributed by atoms with Crippen molar-refractivity contribution in [3.8, 4) is 0 Å². The fourth-order valence-electron chi connectivity index (χ4n) is 0.922. The first-order valence-corrected chi connectivity index (χ1v) is 4.03.